The van der Waals surface area contributed by atoms with Gasteiger partial charge in [-0.15, -0.1) is 0 Å². The summed E-state index contributed by atoms with van der Waals surface area (Å²) in [4.78, 5) is 0. The van der Waals surface area contributed by atoms with Crippen LogP contribution < -0.4 is 4.74 Å². The summed E-state index contributed by atoms with van der Waals surface area (Å²) in [6.07, 6.45) is -1.18. The number of hydrogen-bond donors (Lipinski definition) is 1. The summed E-state index contributed by atoms with van der Waals surface area (Å²) in [7, 11) is -2.01. The molecule has 0 aliphatic carbocycles. The molecule has 0 amide bonds. The Hall–Kier alpha value is -1.92. The molecule has 6 heteroatoms. The van der Waals surface area contributed by atoms with Crippen LogP contribution in [0.2, 0.25) is 0 Å². The number of benzene rings is 2. The Morgan fingerprint density at radius 3 is 2.50 bits per heavy atom. The zero-order chi connectivity index (χ0) is 16.2. The highest BCUT2D eigenvalue weighted by atomic mass is 32.2. The molecular weight excluding hydrogens is 307 g/mol. The van der Waals surface area contributed by atoms with Crippen LogP contribution in [0.1, 0.15) is 17.2 Å². The van der Waals surface area contributed by atoms with E-state index in [-0.39, 0.29) is 5.75 Å². The molecule has 1 N–H and O–H groups in total. The van der Waals surface area contributed by atoms with Gasteiger partial charge in [-0.1, -0.05) is 24.3 Å². The minimum atomic E-state index is -3.52. The Bertz CT molecular complexity index is 726. The molecule has 1 atom stereocenters. The van der Waals surface area contributed by atoms with Crippen LogP contribution in [0, 0.1) is 5.82 Å². The summed E-state index contributed by atoms with van der Waals surface area (Å²) in [6, 6.07) is 11.9. The predicted octanol–water partition coefficient (Wildman–Crippen LogP) is 2.48. The third-order valence-electron chi connectivity index (χ3n) is 3.19. The van der Waals surface area contributed by atoms with E-state index in [4.69, 9.17) is 4.74 Å². The van der Waals surface area contributed by atoms with Gasteiger partial charge in [-0.2, -0.15) is 0 Å². The smallest absolute Gasteiger partial charge is 0.157 e. The number of hydrogen-bond acceptors (Lipinski definition) is 4. The SMILES string of the molecule is COc1cccc(CS(=O)(=O)CC(O)c2ccc(F)cc2)c1. The summed E-state index contributed by atoms with van der Waals surface area (Å²) < 4.78 is 42.2. The van der Waals surface area contributed by atoms with E-state index in [2.05, 4.69) is 0 Å². The Kier molecular flexibility index (Phi) is 5.15. The van der Waals surface area contributed by atoms with Crippen molar-refractivity contribution in [2.24, 2.45) is 0 Å². The van der Waals surface area contributed by atoms with Gasteiger partial charge in [0.15, 0.2) is 9.84 Å². The van der Waals surface area contributed by atoms with E-state index in [1.807, 2.05) is 0 Å². The van der Waals surface area contributed by atoms with Gasteiger partial charge in [-0.05, 0) is 35.4 Å². The second kappa shape index (κ2) is 6.89. The zero-order valence-corrected chi connectivity index (χ0v) is 12.9. The first-order chi connectivity index (χ1) is 10.4. The van der Waals surface area contributed by atoms with Gasteiger partial charge >= 0.3 is 0 Å². The average Bonchev–Trinajstić information content (AvgIpc) is 2.47. The lowest BCUT2D eigenvalue weighted by Gasteiger charge is -2.12. The Morgan fingerprint density at radius 2 is 1.86 bits per heavy atom. The van der Waals surface area contributed by atoms with Crippen molar-refractivity contribution in [3.63, 3.8) is 0 Å². The van der Waals surface area contributed by atoms with Crippen LogP contribution in [0.25, 0.3) is 0 Å². The lowest BCUT2D eigenvalue weighted by molar-refractivity contribution is 0.201. The highest BCUT2D eigenvalue weighted by Crippen LogP contribution is 2.20. The summed E-state index contributed by atoms with van der Waals surface area (Å²) in [6.45, 7) is 0. The molecule has 0 radical (unpaired) electrons. The lowest BCUT2D eigenvalue weighted by Crippen LogP contribution is -2.16. The molecule has 2 rings (SSSR count). The number of sulfone groups is 1. The highest BCUT2D eigenvalue weighted by Gasteiger charge is 2.19. The topological polar surface area (TPSA) is 63.6 Å². The van der Waals surface area contributed by atoms with Crippen molar-refractivity contribution in [1.82, 2.24) is 0 Å². The minimum Gasteiger partial charge on any atom is -0.497 e. The summed E-state index contributed by atoms with van der Waals surface area (Å²) >= 11 is 0. The molecular formula is C16H17FO4S. The maximum absolute atomic E-state index is 12.8. The molecule has 1 unspecified atom stereocenters. The third kappa shape index (κ3) is 4.54. The molecule has 0 spiro atoms. The van der Waals surface area contributed by atoms with Gasteiger partial charge in [-0.25, -0.2) is 12.8 Å². The lowest BCUT2D eigenvalue weighted by atomic mass is 10.1. The molecule has 0 bridgehead atoms. The van der Waals surface area contributed by atoms with Crippen molar-refractivity contribution < 1.29 is 22.7 Å². The van der Waals surface area contributed by atoms with E-state index >= 15 is 0 Å². The first-order valence-electron chi connectivity index (χ1n) is 6.66. The fourth-order valence-electron chi connectivity index (χ4n) is 2.10. The largest absolute Gasteiger partial charge is 0.497 e. The maximum atomic E-state index is 12.8. The standard InChI is InChI=1S/C16H17FO4S/c1-21-15-4-2-3-12(9-15)10-22(19,20)11-16(18)13-5-7-14(17)8-6-13/h2-9,16,18H,10-11H2,1H3. The van der Waals surface area contributed by atoms with Gasteiger partial charge in [0.05, 0.1) is 24.7 Å². The van der Waals surface area contributed by atoms with Crippen LogP contribution >= 0.6 is 0 Å². The van der Waals surface area contributed by atoms with E-state index < -0.39 is 27.5 Å². The van der Waals surface area contributed by atoms with Crippen molar-refractivity contribution in [1.29, 1.82) is 0 Å². The zero-order valence-electron chi connectivity index (χ0n) is 12.1. The molecule has 0 aromatic heterocycles. The Balaban J connectivity index is 2.08. The fourth-order valence-corrected chi connectivity index (χ4v) is 3.58. The van der Waals surface area contributed by atoms with Crippen molar-refractivity contribution in [2.75, 3.05) is 12.9 Å². The molecule has 2 aromatic carbocycles. The van der Waals surface area contributed by atoms with E-state index in [0.717, 1.165) is 0 Å². The van der Waals surface area contributed by atoms with Gasteiger partial charge in [0.2, 0.25) is 0 Å². The van der Waals surface area contributed by atoms with Crippen LogP contribution in [-0.4, -0.2) is 26.4 Å². The molecule has 4 nitrogen and oxygen atoms in total. The monoisotopic (exact) mass is 324 g/mol. The molecule has 118 valence electrons. The minimum absolute atomic E-state index is 0.192. The van der Waals surface area contributed by atoms with E-state index in [0.29, 0.717) is 16.9 Å². The van der Waals surface area contributed by atoms with E-state index in [9.17, 15) is 17.9 Å². The van der Waals surface area contributed by atoms with Crippen molar-refractivity contribution in [3.8, 4) is 5.75 Å². The number of aliphatic hydroxyl groups excluding tert-OH is 1. The van der Waals surface area contributed by atoms with Crippen molar-refractivity contribution in [3.05, 3.63) is 65.5 Å². The summed E-state index contributed by atoms with van der Waals surface area (Å²) in [5.74, 6) is -0.472. The molecule has 0 aliphatic rings. The van der Waals surface area contributed by atoms with Gasteiger partial charge in [-0.3, -0.25) is 0 Å². The fraction of sp³-hybridized carbons (Fsp3) is 0.250. The first kappa shape index (κ1) is 16.5. The summed E-state index contributed by atoms with van der Waals surface area (Å²) in [5, 5.41) is 10.00. The number of aliphatic hydroxyl groups is 1. The Labute approximate surface area is 129 Å². The quantitative estimate of drug-likeness (QED) is 0.887. The molecule has 0 heterocycles. The maximum Gasteiger partial charge on any atom is 0.157 e. The summed E-state index contributed by atoms with van der Waals surface area (Å²) in [5.41, 5.74) is 0.960. The van der Waals surface area contributed by atoms with Gasteiger partial charge in [0.25, 0.3) is 0 Å². The Morgan fingerprint density at radius 1 is 1.18 bits per heavy atom. The second-order valence-corrected chi connectivity index (χ2v) is 7.08. The van der Waals surface area contributed by atoms with Crippen LogP contribution in [0.5, 0.6) is 5.75 Å². The van der Waals surface area contributed by atoms with Crippen molar-refractivity contribution in [2.45, 2.75) is 11.9 Å². The van der Waals surface area contributed by atoms with Crippen LogP contribution in [0.4, 0.5) is 4.39 Å². The van der Waals surface area contributed by atoms with E-state index in [1.165, 1.54) is 31.4 Å². The van der Waals surface area contributed by atoms with Gasteiger partial charge in [0.1, 0.15) is 11.6 Å². The van der Waals surface area contributed by atoms with E-state index in [1.54, 1.807) is 24.3 Å². The van der Waals surface area contributed by atoms with Crippen LogP contribution in [0.15, 0.2) is 48.5 Å². The average molecular weight is 324 g/mol. The number of halogens is 1. The molecule has 0 saturated carbocycles. The number of methoxy groups -OCH3 is 1. The van der Waals surface area contributed by atoms with Crippen molar-refractivity contribution >= 4 is 9.84 Å². The highest BCUT2D eigenvalue weighted by molar-refractivity contribution is 7.90. The van der Waals surface area contributed by atoms with Gasteiger partial charge in [0, 0.05) is 0 Å². The molecule has 22 heavy (non-hydrogen) atoms. The van der Waals surface area contributed by atoms with Crippen LogP contribution in [0.3, 0.4) is 0 Å². The number of ether oxygens (including phenoxy) is 1. The molecule has 0 aliphatic heterocycles. The van der Waals surface area contributed by atoms with Crippen LogP contribution in [-0.2, 0) is 15.6 Å². The number of rotatable bonds is 6. The first-order valence-corrected chi connectivity index (χ1v) is 8.48. The molecule has 0 fully saturated rings. The third-order valence-corrected chi connectivity index (χ3v) is 4.78. The molecule has 0 saturated heterocycles. The normalized spacial score (nSPS) is 12.9. The molecule has 2 aromatic rings. The second-order valence-electron chi connectivity index (χ2n) is 4.97. The van der Waals surface area contributed by atoms with Gasteiger partial charge < -0.3 is 9.84 Å². The predicted molar refractivity (Wildman–Crippen MR) is 81.8 cm³/mol.